The number of rotatable bonds is 2. The summed E-state index contributed by atoms with van der Waals surface area (Å²) in [5.74, 6) is 6.66. The largest absolute Gasteiger partial charge is 0.496 e. The Bertz CT molecular complexity index is 828. The molecule has 9 unspecified atom stereocenters. The van der Waals surface area contributed by atoms with E-state index in [9.17, 15) is 5.11 Å². The van der Waals surface area contributed by atoms with E-state index in [2.05, 4.69) is 24.3 Å². The van der Waals surface area contributed by atoms with Crippen molar-refractivity contribution in [3.05, 3.63) is 35.4 Å². The van der Waals surface area contributed by atoms with E-state index < -0.39 is 0 Å². The summed E-state index contributed by atoms with van der Waals surface area (Å²) in [6.07, 6.45) is 5.18. The molecule has 0 heterocycles. The van der Waals surface area contributed by atoms with Crippen LogP contribution in [0.4, 0.5) is 0 Å². The number of hydrogen-bond donors (Lipinski definition) is 1. The molecule has 2 bridgehead atoms. The lowest BCUT2D eigenvalue weighted by molar-refractivity contribution is 0.0875. The van der Waals surface area contributed by atoms with Crippen molar-refractivity contribution in [3.8, 4) is 11.5 Å². The first-order valence-electron chi connectivity index (χ1n) is 8.84. The minimum absolute atomic E-state index is 0.261. The fourth-order valence-electron chi connectivity index (χ4n) is 8.58. The molecule has 1 aromatic carbocycles. The summed E-state index contributed by atoms with van der Waals surface area (Å²) in [6, 6.07) is 4.17. The van der Waals surface area contributed by atoms with Crippen molar-refractivity contribution in [1.29, 1.82) is 0 Å². The van der Waals surface area contributed by atoms with Crippen LogP contribution >= 0.6 is 0 Å². The van der Waals surface area contributed by atoms with Crippen LogP contribution in [-0.4, -0.2) is 25.4 Å². The molecule has 3 heteroatoms. The molecule has 2 spiro atoms. The third kappa shape index (κ3) is 0.840. The SMILES string of the molecule is COc1ccc(OC)c2c1C1C3C4C3C3C15C=CC(O)CC35C24. The van der Waals surface area contributed by atoms with Crippen LogP contribution in [0.3, 0.4) is 0 Å². The van der Waals surface area contributed by atoms with Gasteiger partial charge in [-0.15, -0.1) is 0 Å². The van der Waals surface area contributed by atoms with E-state index in [1.165, 1.54) is 11.1 Å². The molecule has 1 aromatic rings. The number of hydrogen-bond acceptors (Lipinski definition) is 3. The topological polar surface area (TPSA) is 38.7 Å². The lowest BCUT2D eigenvalue weighted by Crippen LogP contribution is -2.42. The van der Waals surface area contributed by atoms with Crippen molar-refractivity contribution in [2.45, 2.75) is 24.4 Å². The maximum absolute atomic E-state index is 10.3. The van der Waals surface area contributed by atoms with Crippen molar-refractivity contribution in [3.63, 3.8) is 0 Å². The van der Waals surface area contributed by atoms with Gasteiger partial charge in [0.25, 0.3) is 0 Å². The van der Waals surface area contributed by atoms with Crippen molar-refractivity contribution in [2.75, 3.05) is 14.2 Å². The van der Waals surface area contributed by atoms with E-state index in [-0.39, 0.29) is 6.10 Å². The lowest BCUT2D eigenvalue weighted by Gasteiger charge is -2.50. The first-order valence-corrected chi connectivity index (χ1v) is 8.84. The van der Waals surface area contributed by atoms with Gasteiger partial charge >= 0.3 is 0 Å². The van der Waals surface area contributed by atoms with E-state index in [1.807, 2.05) is 0 Å². The van der Waals surface area contributed by atoms with Crippen molar-refractivity contribution < 1.29 is 14.6 Å². The molecule has 118 valence electrons. The number of methoxy groups -OCH3 is 2. The molecule has 0 aliphatic heterocycles. The van der Waals surface area contributed by atoms with Crippen molar-refractivity contribution in [2.24, 2.45) is 34.5 Å². The summed E-state index contributed by atoms with van der Waals surface area (Å²) < 4.78 is 11.5. The molecule has 3 nitrogen and oxygen atoms in total. The van der Waals surface area contributed by atoms with Crippen LogP contribution in [0.1, 0.15) is 29.4 Å². The molecule has 4 saturated carbocycles. The van der Waals surface area contributed by atoms with Crippen LogP contribution in [0, 0.1) is 34.5 Å². The van der Waals surface area contributed by atoms with E-state index in [0.29, 0.717) is 22.7 Å². The predicted molar refractivity (Wildman–Crippen MR) is 83.6 cm³/mol. The first kappa shape index (κ1) is 12.0. The number of ether oxygens (including phenoxy) is 2. The third-order valence-electron chi connectivity index (χ3n) is 8.62. The molecule has 7 aliphatic rings. The smallest absolute Gasteiger partial charge is 0.122 e. The van der Waals surface area contributed by atoms with Gasteiger partial charge in [-0.25, -0.2) is 0 Å². The number of allylic oxidation sites excluding steroid dienone is 1. The van der Waals surface area contributed by atoms with Gasteiger partial charge in [-0.1, -0.05) is 12.2 Å². The maximum atomic E-state index is 10.3. The zero-order valence-corrected chi connectivity index (χ0v) is 13.3. The van der Waals surface area contributed by atoms with Crippen LogP contribution in [-0.2, 0) is 0 Å². The second-order valence-electron chi connectivity index (χ2n) is 8.57. The minimum Gasteiger partial charge on any atom is -0.496 e. The number of aliphatic hydroxyl groups is 1. The molecular formula is C20H20O3. The normalized spacial score (nSPS) is 56.9. The highest BCUT2D eigenvalue weighted by molar-refractivity contribution is 5.70. The Morgan fingerprint density at radius 2 is 1.65 bits per heavy atom. The maximum Gasteiger partial charge on any atom is 0.122 e. The molecule has 0 aromatic heterocycles. The molecule has 4 fully saturated rings. The average Bonchev–Trinajstić information content (AvgIpc) is 3.36. The van der Waals surface area contributed by atoms with Gasteiger partial charge in [0.05, 0.1) is 20.3 Å². The lowest BCUT2D eigenvalue weighted by atomic mass is 9.53. The fraction of sp³-hybridized carbons (Fsp3) is 0.600. The molecule has 0 saturated heterocycles. The van der Waals surface area contributed by atoms with Crippen LogP contribution in [0.2, 0.25) is 0 Å². The van der Waals surface area contributed by atoms with Crippen LogP contribution in [0.5, 0.6) is 11.5 Å². The number of aliphatic hydroxyl groups excluding tert-OH is 1. The summed E-state index contributed by atoms with van der Waals surface area (Å²) in [7, 11) is 3.58. The second-order valence-corrected chi connectivity index (χ2v) is 8.57. The van der Waals surface area contributed by atoms with Crippen molar-refractivity contribution >= 4 is 0 Å². The fourth-order valence-corrected chi connectivity index (χ4v) is 8.58. The minimum atomic E-state index is -0.261. The molecule has 9 atom stereocenters. The Morgan fingerprint density at radius 3 is 2.35 bits per heavy atom. The standard InChI is InChI=1S/C20H20O3/c1-22-9-3-4-10(23-2)12-11(9)16-13-14-15(13)18-19(16)6-5-8(21)7-20(18,19)17(12)14/h3-6,8,13-18,21H,7H2,1-2H3. The second kappa shape index (κ2) is 3.06. The van der Waals surface area contributed by atoms with Gasteiger partial charge in [-0.2, -0.15) is 0 Å². The highest BCUT2D eigenvalue weighted by atomic mass is 16.5. The van der Waals surface area contributed by atoms with E-state index in [0.717, 1.165) is 41.6 Å². The molecule has 8 rings (SSSR count). The van der Waals surface area contributed by atoms with Crippen molar-refractivity contribution in [1.82, 2.24) is 0 Å². The number of benzene rings is 1. The highest BCUT2D eigenvalue weighted by Gasteiger charge is 3.01. The van der Waals surface area contributed by atoms with E-state index in [1.54, 1.807) is 14.2 Å². The summed E-state index contributed by atoms with van der Waals surface area (Å²) in [4.78, 5) is 0. The van der Waals surface area contributed by atoms with Gasteiger partial charge in [0.1, 0.15) is 11.5 Å². The molecule has 1 N–H and O–H groups in total. The highest BCUT2D eigenvalue weighted by Crippen LogP contribution is 3.06. The molecule has 7 aliphatic carbocycles. The Kier molecular flexibility index (Phi) is 1.59. The van der Waals surface area contributed by atoms with Gasteiger partial charge in [-0.05, 0) is 53.6 Å². The van der Waals surface area contributed by atoms with Crippen LogP contribution < -0.4 is 9.47 Å². The first-order chi connectivity index (χ1) is 11.2. The summed E-state index contributed by atoms with van der Waals surface area (Å²) >= 11 is 0. The van der Waals surface area contributed by atoms with Crippen LogP contribution in [0.15, 0.2) is 24.3 Å². The summed E-state index contributed by atoms with van der Waals surface area (Å²) in [5, 5.41) is 10.3. The van der Waals surface area contributed by atoms with Gasteiger partial charge in [0.2, 0.25) is 0 Å². The molecule has 0 radical (unpaired) electrons. The molecular weight excluding hydrogens is 288 g/mol. The summed E-state index contributed by atoms with van der Waals surface area (Å²) in [5.41, 5.74) is 3.52. The Balaban J connectivity index is 1.58. The zero-order chi connectivity index (χ0) is 15.3. The van der Waals surface area contributed by atoms with Gasteiger partial charge < -0.3 is 14.6 Å². The monoisotopic (exact) mass is 308 g/mol. The third-order valence-corrected chi connectivity index (χ3v) is 8.62. The quantitative estimate of drug-likeness (QED) is 0.854. The Morgan fingerprint density at radius 1 is 1.00 bits per heavy atom. The van der Waals surface area contributed by atoms with Crippen LogP contribution in [0.25, 0.3) is 0 Å². The summed E-state index contributed by atoms with van der Waals surface area (Å²) in [6.45, 7) is 0. The average molecular weight is 308 g/mol. The van der Waals surface area contributed by atoms with E-state index >= 15 is 0 Å². The molecule has 23 heavy (non-hydrogen) atoms. The Labute approximate surface area is 135 Å². The van der Waals surface area contributed by atoms with Gasteiger partial charge in [0.15, 0.2) is 0 Å². The Hall–Kier alpha value is -1.48. The predicted octanol–water partition coefficient (Wildman–Crippen LogP) is 2.70. The van der Waals surface area contributed by atoms with Gasteiger partial charge in [0, 0.05) is 22.5 Å². The molecule has 0 amide bonds. The van der Waals surface area contributed by atoms with E-state index in [4.69, 9.17) is 9.47 Å². The van der Waals surface area contributed by atoms with Gasteiger partial charge in [-0.3, -0.25) is 0 Å². The zero-order valence-electron chi connectivity index (χ0n) is 13.3.